The first-order valence-corrected chi connectivity index (χ1v) is 11.3. The summed E-state index contributed by atoms with van der Waals surface area (Å²) >= 11 is 0. The quantitative estimate of drug-likeness (QED) is 0.319. The number of benzene rings is 1. The normalized spacial score (nSPS) is 11.5. The zero-order valence-electron chi connectivity index (χ0n) is 20.2. The average molecular weight is 470 g/mol. The van der Waals surface area contributed by atoms with E-state index in [1.54, 1.807) is 19.1 Å². The molecule has 2 N–H and O–H groups in total. The Labute approximate surface area is 198 Å². The molecule has 0 aliphatic rings. The van der Waals surface area contributed by atoms with Gasteiger partial charge in [0.25, 0.3) is 5.91 Å². The number of phenols is 1. The van der Waals surface area contributed by atoms with Crippen LogP contribution in [-0.2, 0) is 6.54 Å². The lowest BCUT2D eigenvalue weighted by molar-refractivity contribution is 0.0948. The molecule has 2 aromatic heterocycles. The largest absolute Gasteiger partial charge is 0.507 e. The van der Waals surface area contributed by atoms with Crippen molar-refractivity contribution < 1.29 is 14.5 Å². The maximum absolute atomic E-state index is 12.9. The van der Waals surface area contributed by atoms with E-state index in [0.29, 0.717) is 29.3 Å². The van der Waals surface area contributed by atoms with Gasteiger partial charge in [0, 0.05) is 37.0 Å². The first-order valence-electron chi connectivity index (χ1n) is 11.3. The average Bonchev–Trinajstić information content (AvgIpc) is 3.44. The Morgan fingerprint density at radius 2 is 1.91 bits per heavy atom. The van der Waals surface area contributed by atoms with Crippen molar-refractivity contribution in [1.82, 2.24) is 35.6 Å². The maximum Gasteiger partial charge on any atom is 0.293 e. The highest BCUT2D eigenvalue weighted by molar-refractivity contribution is 5.94. The summed E-state index contributed by atoms with van der Waals surface area (Å²) in [5.41, 5.74) is 5.06. The van der Waals surface area contributed by atoms with Gasteiger partial charge in [0.2, 0.25) is 5.82 Å². The van der Waals surface area contributed by atoms with Gasteiger partial charge in [0.05, 0.1) is 11.9 Å². The fourth-order valence-electron chi connectivity index (χ4n) is 3.51. The number of hydrazone groups is 1. The summed E-state index contributed by atoms with van der Waals surface area (Å²) in [6.07, 6.45) is 1.39. The van der Waals surface area contributed by atoms with Crippen LogP contribution in [0.15, 0.2) is 27.9 Å². The Morgan fingerprint density at radius 1 is 1.18 bits per heavy atom. The smallest absolute Gasteiger partial charge is 0.293 e. The molecule has 0 radical (unpaired) electrons. The highest BCUT2D eigenvalue weighted by Gasteiger charge is 2.24. The number of anilines is 1. The van der Waals surface area contributed by atoms with Crippen LogP contribution in [0.5, 0.6) is 5.75 Å². The van der Waals surface area contributed by atoms with Crippen molar-refractivity contribution in [2.45, 2.75) is 41.2 Å². The molecule has 0 aliphatic carbocycles. The zero-order valence-corrected chi connectivity index (χ0v) is 20.2. The van der Waals surface area contributed by atoms with Crippen LogP contribution in [0.1, 0.15) is 55.1 Å². The number of carbonyl (C=O) groups excluding carboxylic acids is 1. The van der Waals surface area contributed by atoms with E-state index >= 15 is 0 Å². The van der Waals surface area contributed by atoms with E-state index in [1.165, 1.54) is 10.9 Å². The molecule has 1 aromatic carbocycles. The Balaban J connectivity index is 1.81. The third kappa shape index (κ3) is 5.39. The highest BCUT2D eigenvalue weighted by Crippen LogP contribution is 2.23. The third-order valence-electron chi connectivity index (χ3n) is 5.59. The molecule has 0 aliphatic heterocycles. The molecule has 0 spiro atoms. The summed E-state index contributed by atoms with van der Waals surface area (Å²) in [5.74, 6) is -0.0852. The predicted molar refractivity (Wildman–Crippen MR) is 127 cm³/mol. The lowest BCUT2D eigenvalue weighted by Crippen LogP contribution is -2.27. The van der Waals surface area contributed by atoms with Gasteiger partial charge >= 0.3 is 0 Å². The number of aromatic hydroxyl groups is 1. The van der Waals surface area contributed by atoms with Crippen LogP contribution in [0.2, 0.25) is 0 Å². The van der Waals surface area contributed by atoms with Crippen molar-refractivity contribution in [2.75, 3.05) is 31.1 Å². The van der Waals surface area contributed by atoms with Gasteiger partial charge in [-0.2, -0.15) is 9.78 Å². The van der Waals surface area contributed by atoms with Crippen molar-refractivity contribution in [3.63, 3.8) is 0 Å². The van der Waals surface area contributed by atoms with Crippen molar-refractivity contribution in [2.24, 2.45) is 5.10 Å². The molecule has 12 heteroatoms. The summed E-state index contributed by atoms with van der Waals surface area (Å²) in [7, 11) is 0. The van der Waals surface area contributed by atoms with Gasteiger partial charge in [-0.15, -0.1) is 5.10 Å². The molecule has 1 amide bonds. The van der Waals surface area contributed by atoms with Crippen LogP contribution >= 0.6 is 0 Å². The number of hydrogen-bond donors (Lipinski definition) is 2. The van der Waals surface area contributed by atoms with E-state index in [2.05, 4.69) is 54.8 Å². The number of hydrogen-bond acceptors (Lipinski definition) is 10. The molecule has 0 fully saturated rings. The molecule has 0 bridgehead atoms. The minimum absolute atomic E-state index is 0.0737. The Hall–Kier alpha value is -3.80. The number of rotatable bonds is 11. The van der Waals surface area contributed by atoms with Gasteiger partial charge in [-0.25, -0.2) is 10.1 Å². The molecule has 0 saturated heterocycles. The number of nitrogens with one attached hydrogen (secondary N) is 1. The summed E-state index contributed by atoms with van der Waals surface area (Å²) in [4.78, 5) is 17.1. The number of amides is 1. The third-order valence-corrected chi connectivity index (χ3v) is 5.59. The first kappa shape index (κ1) is 24.8. The number of aromatic nitrogens is 5. The zero-order chi connectivity index (χ0) is 24.7. The lowest BCUT2D eigenvalue weighted by atomic mass is 10.2. The second kappa shape index (κ2) is 11.4. The van der Waals surface area contributed by atoms with Gasteiger partial charge < -0.3 is 10.0 Å². The van der Waals surface area contributed by atoms with Crippen molar-refractivity contribution >= 4 is 17.8 Å². The van der Waals surface area contributed by atoms with Crippen molar-refractivity contribution in [3.8, 4) is 11.6 Å². The van der Waals surface area contributed by atoms with Crippen LogP contribution in [0.3, 0.4) is 0 Å². The van der Waals surface area contributed by atoms with Crippen LogP contribution in [-0.4, -0.2) is 73.6 Å². The molecule has 12 nitrogen and oxygen atoms in total. The second-order valence-electron chi connectivity index (χ2n) is 7.55. The van der Waals surface area contributed by atoms with E-state index in [4.69, 9.17) is 4.63 Å². The number of carbonyl (C=O) groups is 1. The Morgan fingerprint density at radius 3 is 2.50 bits per heavy atom. The van der Waals surface area contributed by atoms with E-state index in [1.807, 2.05) is 19.9 Å². The molecule has 34 heavy (non-hydrogen) atoms. The fourth-order valence-corrected chi connectivity index (χ4v) is 3.51. The van der Waals surface area contributed by atoms with Crippen molar-refractivity contribution in [1.29, 1.82) is 0 Å². The van der Waals surface area contributed by atoms with Gasteiger partial charge in [-0.05, 0) is 51.2 Å². The molecule has 0 atom stereocenters. The van der Waals surface area contributed by atoms with E-state index in [9.17, 15) is 9.90 Å². The predicted octanol–water partition coefficient (Wildman–Crippen LogP) is 2.12. The standard InChI is InChI=1S/C22H31N9O3/c1-6-29(7-2)14-18-20(24-28-31(18)21-15(5)26-34-27-21)22(33)25-23-13-16-10-11-17(12-19(16)32)30(8-3)9-4/h10-13,32H,6-9,14H2,1-5H3,(H,25,33)/b23-13+. The number of aryl methyl sites for hydroxylation is 1. The van der Waals surface area contributed by atoms with E-state index in [-0.39, 0.29) is 11.4 Å². The van der Waals surface area contributed by atoms with Crippen LogP contribution in [0.4, 0.5) is 5.69 Å². The van der Waals surface area contributed by atoms with Gasteiger partial charge in [0.15, 0.2) is 5.69 Å². The molecular formula is C22H31N9O3. The molecule has 0 unspecified atom stereocenters. The highest BCUT2D eigenvalue weighted by atomic mass is 16.6. The van der Waals surface area contributed by atoms with Crippen molar-refractivity contribution in [3.05, 3.63) is 40.8 Å². The summed E-state index contributed by atoms with van der Waals surface area (Å²) in [6.45, 7) is 13.5. The Bertz CT molecular complexity index is 1130. The maximum atomic E-state index is 12.9. The summed E-state index contributed by atoms with van der Waals surface area (Å²) < 4.78 is 6.25. The first-order chi connectivity index (χ1) is 16.4. The van der Waals surface area contributed by atoms with Gasteiger partial charge in [0.1, 0.15) is 11.4 Å². The summed E-state index contributed by atoms with van der Waals surface area (Å²) in [5, 5.41) is 30.2. The minimum atomic E-state index is -0.530. The SMILES string of the molecule is CCN(CC)Cc1c(C(=O)N/N=C/c2ccc(N(CC)CC)cc2O)nnn1-c1nonc1C. The van der Waals surface area contributed by atoms with Gasteiger partial charge in [-0.1, -0.05) is 24.2 Å². The van der Waals surface area contributed by atoms with Crippen LogP contribution < -0.4 is 10.3 Å². The van der Waals surface area contributed by atoms with Gasteiger partial charge in [-0.3, -0.25) is 9.69 Å². The molecule has 2 heterocycles. The van der Waals surface area contributed by atoms with Crippen LogP contribution in [0.25, 0.3) is 5.82 Å². The monoisotopic (exact) mass is 469 g/mol. The molecule has 182 valence electrons. The molecular weight excluding hydrogens is 438 g/mol. The van der Waals surface area contributed by atoms with E-state index < -0.39 is 5.91 Å². The fraction of sp³-hybridized carbons (Fsp3) is 0.455. The Kier molecular flexibility index (Phi) is 8.30. The lowest BCUT2D eigenvalue weighted by Gasteiger charge is -2.21. The van der Waals surface area contributed by atoms with Crippen LogP contribution in [0, 0.1) is 6.92 Å². The minimum Gasteiger partial charge on any atom is -0.507 e. The van der Waals surface area contributed by atoms with E-state index in [0.717, 1.165) is 31.9 Å². The topological polar surface area (TPSA) is 138 Å². The summed E-state index contributed by atoms with van der Waals surface area (Å²) in [6, 6.07) is 5.33. The molecule has 3 rings (SSSR count). The number of nitrogens with zero attached hydrogens (tertiary/aromatic N) is 8. The molecule has 0 saturated carbocycles. The number of phenolic OH excluding ortho intramolecular Hbond substituents is 1. The second-order valence-corrected chi connectivity index (χ2v) is 7.55. The molecule has 3 aromatic rings.